The van der Waals surface area contributed by atoms with E-state index in [9.17, 15) is 4.79 Å². The summed E-state index contributed by atoms with van der Waals surface area (Å²) in [5.74, 6) is 2.32. The molecule has 2 aromatic rings. The zero-order valence-corrected chi connectivity index (χ0v) is 17.7. The van der Waals surface area contributed by atoms with Gasteiger partial charge in [0.2, 0.25) is 0 Å². The monoisotopic (exact) mass is 409 g/mol. The molecule has 1 N–H and O–H groups in total. The molecule has 0 saturated carbocycles. The van der Waals surface area contributed by atoms with E-state index in [1.54, 1.807) is 6.33 Å². The van der Waals surface area contributed by atoms with Gasteiger partial charge in [0.05, 0.1) is 25.2 Å². The first-order valence-electron chi connectivity index (χ1n) is 11.4. The molecule has 7 heteroatoms. The zero-order chi connectivity index (χ0) is 20.2. The van der Waals surface area contributed by atoms with Crippen LogP contribution in [0, 0.1) is 24.7 Å². The van der Waals surface area contributed by atoms with Crippen molar-refractivity contribution in [3.8, 4) is 0 Å². The van der Waals surface area contributed by atoms with Gasteiger partial charge in [0.1, 0.15) is 0 Å². The molecule has 0 unspecified atom stereocenters. The number of H-pyrrole nitrogens is 1. The first-order chi connectivity index (χ1) is 14.6. The number of nitrogens with zero attached hydrogens (tertiary/aromatic N) is 4. The van der Waals surface area contributed by atoms with Crippen molar-refractivity contribution in [2.45, 2.75) is 38.9 Å². The second-order valence-corrected chi connectivity index (χ2v) is 9.92. The summed E-state index contributed by atoms with van der Waals surface area (Å²) in [4.78, 5) is 26.0. The molecule has 0 amide bonds. The van der Waals surface area contributed by atoms with E-state index >= 15 is 0 Å². The summed E-state index contributed by atoms with van der Waals surface area (Å²) in [5, 5.41) is 0. The van der Waals surface area contributed by atoms with Crippen LogP contribution < -0.4 is 5.56 Å². The molecule has 0 radical (unpaired) electrons. The maximum atomic E-state index is 13.3. The highest BCUT2D eigenvalue weighted by Gasteiger charge is 2.38. The predicted octanol–water partition coefficient (Wildman–Crippen LogP) is 1.58. The Labute approximate surface area is 177 Å². The summed E-state index contributed by atoms with van der Waals surface area (Å²) >= 11 is 0. The second kappa shape index (κ2) is 7.32. The molecule has 2 aromatic heterocycles. The smallest absolute Gasteiger partial charge is 0.255 e. The molecule has 30 heavy (non-hydrogen) atoms. The van der Waals surface area contributed by atoms with Gasteiger partial charge in [-0.15, -0.1) is 0 Å². The van der Waals surface area contributed by atoms with Crippen LogP contribution in [0.3, 0.4) is 0 Å². The summed E-state index contributed by atoms with van der Waals surface area (Å²) < 4.78 is 7.70. The lowest BCUT2D eigenvalue weighted by molar-refractivity contribution is 0.113. The molecule has 6 rings (SSSR count). The molecule has 0 aromatic carbocycles. The Kier molecular flexibility index (Phi) is 4.58. The zero-order valence-electron chi connectivity index (χ0n) is 17.7. The quantitative estimate of drug-likeness (QED) is 0.831. The number of pyridine rings is 1. The van der Waals surface area contributed by atoms with Crippen LogP contribution >= 0.6 is 0 Å². The molecule has 4 atom stereocenters. The highest BCUT2D eigenvalue weighted by molar-refractivity contribution is 5.23. The number of aryl methyl sites for hydroxylation is 1. The number of aromatic nitrogens is 3. The normalized spacial score (nSPS) is 31.1. The molecule has 3 saturated heterocycles. The number of rotatable bonds is 4. The molecular formula is C23H31N5O2. The fourth-order valence-electron chi connectivity index (χ4n) is 6.25. The van der Waals surface area contributed by atoms with Crippen molar-refractivity contribution < 1.29 is 4.74 Å². The van der Waals surface area contributed by atoms with Crippen molar-refractivity contribution in [3.63, 3.8) is 0 Å². The van der Waals surface area contributed by atoms with Crippen LogP contribution in [0.2, 0.25) is 0 Å². The lowest BCUT2D eigenvalue weighted by Gasteiger charge is -2.42. The molecule has 2 bridgehead atoms. The summed E-state index contributed by atoms with van der Waals surface area (Å²) in [7, 11) is 0. The van der Waals surface area contributed by atoms with Gasteiger partial charge < -0.3 is 14.3 Å². The Bertz CT molecular complexity index is 986. The van der Waals surface area contributed by atoms with Crippen molar-refractivity contribution in [1.82, 2.24) is 24.3 Å². The molecule has 4 aliphatic rings. The van der Waals surface area contributed by atoms with E-state index in [2.05, 4.69) is 43.4 Å². The van der Waals surface area contributed by atoms with Gasteiger partial charge in [-0.3, -0.25) is 14.6 Å². The van der Waals surface area contributed by atoms with Crippen molar-refractivity contribution in [3.05, 3.63) is 51.5 Å². The molecule has 160 valence electrons. The van der Waals surface area contributed by atoms with E-state index < -0.39 is 0 Å². The summed E-state index contributed by atoms with van der Waals surface area (Å²) in [6, 6.07) is 4.34. The maximum absolute atomic E-state index is 13.3. The van der Waals surface area contributed by atoms with Gasteiger partial charge in [0, 0.05) is 80.5 Å². The van der Waals surface area contributed by atoms with E-state index in [0.29, 0.717) is 23.7 Å². The Balaban J connectivity index is 1.19. The van der Waals surface area contributed by atoms with Crippen molar-refractivity contribution in [1.29, 1.82) is 0 Å². The Morgan fingerprint density at radius 2 is 1.87 bits per heavy atom. The fourth-order valence-corrected chi connectivity index (χ4v) is 6.25. The number of hydrogen-bond donors (Lipinski definition) is 1. The maximum Gasteiger partial charge on any atom is 0.255 e. The molecule has 4 aliphatic heterocycles. The minimum absolute atomic E-state index is 0.243. The first-order valence-corrected chi connectivity index (χ1v) is 11.4. The number of ether oxygens (including phenoxy) is 1. The second-order valence-electron chi connectivity index (χ2n) is 9.92. The number of likely N-dealkylation sites (tertiary alicyclic amines) is 2. The van der Waals surface area contributed by atoms with Crippen LogP contribution in [0.1, 0.15) is 35.0 Å². The molecule has 0 spiro atoms. The van der Waals surface area contributed by atoms with Gasteiger partial charge in [0.15, 0.2) is 0 Å². The minimum atomic E-state index is 0.243. The van der Waals surface area contributed by atoms with Crippen LogP contribution in [-0.2, 0) is 24.4 Å². The average molecular weight is 410 g/mol. The van der Waals surface area contributed by atoms with Gasteiger partial charge in [-0.05, 0) is 25.3 Å². The largest absolute Gasteiger partial charge is 0.381 e. The Hall–Kier alpha value is -1.96. The lowest BCUT2D eigenvalue weighted by Crippen LogP contribution is -2.47. The molecular weight excluding hydrogens is 378 g/mol. The van der Waals surface area contributed by atoms with Crippen molar-refractivity contribution in [2.24, 2.45) is 17.8 Å². The van der Waals surface area contributed by atoms with Crippen LogP contribution in [0.5, 0.6) is 0 Å². The summed E-state index contributed by atoms with van der Waals surface area (Å²) in [6.07, 6.45) is 2.98. The number of imidazole rings is 1. The number of fused-ring (bicyclic) bond motifs is 5. The minimum Gasteiger partial charge on any atom is -0.381 e. The van der Waals surface area contributed by atoms with E-state index in [0.717, 1.165) is 76.0 Å². The highest BCUT2D eigenvalue weighted by Crippen LogP contribution is 2.36. The first kappa shape index (κ1) is 18.8. The number of nitrogens with one attached hydrogen (secondary N) is 1. The molecule has 3 fully saturated rings. The van der Waals surface area contributed by atoms with Gasteiger partial charge in [-0.1, -0.05) is 6.07 Å². The molecule has 7 nitrogen and oxygen atoms in total. The van der Waals surface area contributed by atoms with Gasteiger partial charge >= 0.3 is 0 Å². The Morgan fingerprint density at radius 3 is 2.63 bits per heavy atom. The fraction of sp³-hybridized carbons (Fsp3) is 0.652. The standard InChI is InChI=1S/C23H31N5O2/c1-15-21(25-14-24-15)11-26-5-16-4-18(8-26)22-3-2-17(23(29)28(22)6-16)7-27-9-19-12-30-13-20(19)10-27/h2-3,14,16,18-20H,4-13H2,1H3,(H,24,25)/t16-,18+,19-,20+/m0/s1. The molecule has 0 aliphatic carbocycles. The number of hydrogen-bond acceptors (Lipinski definition) is 5. The third kappa shape index (κ3) is 3.24. The predicted molar refractivity (Wildman–Crippen MR) is 113 cm³/mol. The lowest BCUT2D eigenvalue weighted by atomic mass is 9.83. The number of aromatic amines is 1. The average Bonchev–Trinajstić information content (AvgIpc) is 3.42. The van der Waals surface area contributed by atoms with Crippen LogP contribution in [-0.4, -0.2) is 63.7 Å². The summed E-state index contributed by atoms with van der Waals surface area (Å²) in [6.45, 7) is 10.6. The van der Waals surface area contributed by atoms with E-state index in [-0.39, 0.29) is 5.56 Å². The van der Waals surface area contributed by atoms with Crippen LogP contribution in [0.15, 0.2) is 23.3 Å². The highest BCUT2D eigenvalue weighted by atomic mass is 16.5. The topological polar surface area (TPSA) is 66.4 Å². The van der Waals surface area contributed by atoms with E-state index in [1.165, 1.54) is 12.1 Å². The van der Waals surface area contributed by atoms with Gasteiger partial charge in [0.25, 0.3) is 5.56 Å². The molecule has 6 heterocycles. The number of piperidine rings is 1. The van der Waals surface area contributed by atoms with Crippen LogP contribution in [0.4, 0.5) is 0 Å². The SMILES string of the molecule is Cc1[nH]cnc1CN1C[C@@H]2C[C@H](C1)c1ccc(CN3C[C@H]4COC[C@H]4C3)c(=O)n1C2. The third-order valence-electron chi connectivity index (χ3n) is 7.78. The van der Waals surface area contributed by atoms with E-state index in [1.807, 2.05) is 0 Å². The van der Waals surface area contributed by atoms with Gasteiger partial charge in [-0.2, -0.15) is 0 Å². The van der Waals surface area contributed by atoms with Crippen molar-refractivity contribution in [2.75, 3.05) is 39.4 Å². The third-order valence-corrected chi connectivity index (χ3v) is 7.78. The van der Waals surface area contributed by atoms with Gasteiger partial charge in [-0.25, -0.2) is 4.98 Å². The summed E-state index contributed by atoms with van der Waals surface area (Å²) in [5.41, 5.74) is 4.74. The van der Waals surface area contributed by atoms with Crippen molar-refractivity contribution >= 4 is 0 Å². The Morgan fingerprint density at radius 1 is 1.07 bits per heavy atom. The van der Waals surface area contributed by atoms with Crippen LogP contribution in [0.25, 0.3) is 0 Å². The van der Waals surface area contributed by atoms with E-state index in [4.69, 9.17) is 4.74 Å².